The Kier molecular flexibility index (Phi) is 14.0. The van der Waals surface area contributed by atoms with Gasteiger partial charge in [-0.25, -0.2) is 0 Å². The monoisotopic (exact) mass is 196 g/mol. The van der Waals surface area contributed by atoms with Crippen LogP contribution in [0.5, 0.6) is 0 Å². The summed E-state index contributed by atoms with van der Waals surface area (Å²) in [6.07, 6.45) is 0. The SMILES string of the molecule is O=S(=O)(O)O.[H-].[K+].[Ni]. The third-order valence-corrected chi connectivity index (χ3v) is 0. The van der Waals surface area contributed by atoms with Crippen molar-refractivity contribution in [3.63, 3.8) is 0 Å². The smallest absolute Gasteiger partial charge is 1.00 e. The average molecular weight is 197 g/mol. The molecular formula is H3KNiO4S. The van der Waals surface area contributed by atoms with E-state index in [1.54, 1.807) is 0 Å². The standard InChI is InChI=1S/K.Ni.H2O4S.H/c;;1-5(2,3)4;/h;;(H2,1,2,3,4);/q+1;;;-1. The van der Waals surface area contributed by atoms with Gasteiger partial charge >= 0.3 is 61.8 Å². The molecule has 0 atom stereocenters. The van der Waals surface area contributed by atoms with Crippen LogP contribution in [0.15, 0.2) is 0 Å². The van der Waals surface area contributed by atoms with Crippen LogP contribution < -0.4 is 51.4 Å². The van der Waals surface area contributed by atoms with Gasteiger partial charge in [0.1, 0.15) is 0 Å². The Labute approximate surface area is 95.5 Å². The van der Waals surface area contributed by atoms with Gasteiger partial charge in [-0.15, -0.1) is 0 Å². The summed E-state index contributed by atoms with van der Waals surface area (Å²) < 4.78 is 31.6. The zero-order chi connectivity index (χ0) is 4.50. The Balaban J connectivity index is -0.0000000267. The van der Waals surface area contributed by atoms with Crippen molar-refractivity contribution in [3.05, 3.63) is 0 Å². The Morgan fingerprint density at radius 2 is 1.29 bits per heavy atom. The van der Waals surface area contributed by atoms with Crippen molar-refractivity contribution in [1.29, 1.82) is 0 Å². The largest absolute Gasteiger partial charge is 1.00 e. The van der Waals surface area contributed by atoms with Gasteiger partial charge in [0.05, 0.1) is 0 Å². The molecule has 0 bridgehead atoms. The zero-order valence-electron chi connectivity index (χ0n) is 4.44. The molecule has 0 aromatic rings. The van der Waals surface area contributed by atoms with Crippen molar-refractivity contribution >= 4 is 10.4 Å². The van der Waals surface area contributed by atoms with Crippen LogP contribution in [0.25, 0.3) is 0 Å². The fraction of sp³-hybridized carbons (Fsp3) is 0. The first-order valence-corrected chi connectivity index (χ1v) is 2.10. The fourth-order valence-electron chi connectivity index (χ4n) is 0. The Morgan fingerprint density at radius 1 is 1.29 bits per heavy atom. The second-order valence-corrected chi connectivity index (χ2v) is 1.34. The van der Waals surface area contributed by atoms with E-state index in [0.717, 1.165) is 0 Å². The van der Waals surface area contributed by atoms with Gasteiger partial charge < -0.3 is 1.43 Å². The first kappa shape index (κ1) is 16.0. The maximum atomic E-state index is 8.74. The molecule has 0 radical (unpaired) electrons. The van der Waals surface area contributed by atoms with E-state index >= 15 is 0 Å². The topological polar surface area (TPSA) is 74.6 Å². The van der Waals surface area contributed by atoms with Crippen molar-refractivity contribution in [1.82, 2.24) is 0 Å². The third-order valence-electron chi connectivity index (χ3n) is 0. The molecule has 0 spiro atoms. The number of rotatable bonds is 0. The average Bonchev–Trinajstić information content (AvgIpc) is 0.722. The molecule has 0 saturated carbocycles. The first-order valence-electron chi connectivity index (χ1n) is 0.698. The van der Waals surface area contributed by atoms with Gasteiger partial charge in [-0.1, -0.05) is 0 Å². The summed E-state index contributed by atoms with van der Waals surface area (Å²) in [5, 5.41) is 0. The van der Waals surface area contributed by atoms with E-state index in [2.05, 4.69) is 0 Å². The van der Waals surface area contributed by atoms with Crippen molar-refractivity contribution in [2.24, 2.45) is 0 Å². The molecule has 0 amide bonds. The summed E-state index contributed by atoms with van der Waals surface area (Å²) in [5.41, 5.74) is 0. The van der Waals surface area contributed by atoms with Crippen LogP contribution in [0.2, 0.25) is 0 Å². The fourth-order valence-corrected chi connectivity index (χ4v) is 0. The van der Waals surface area contributed by atoms with Crippen LogP contribution in [0, 0.1) is 0 Å². The summed E-state index contributed by atoms with van der Waals surface area (Å²) in [4.78, 5) is 0. The van der Waals surface area contributed by atoms with E-state index in [-0.39, 0.29) is 69.3 Å². The second kappa shape index (κ2) is 6.12. The molecule has 0 saturated heterocycles. The van der Waals surface area contributed by atoms with Crippen LogP contribution in [0.4, 0.5) is 0 Å². The van der Waals surface area contributed by atoms with Crippen LogP contribution in [-0.4, -0.2) is 17.5 Å². The van der Waals surface area contributed by atoms with E-state index in [1.807, 2.05) is 0 Å². The minimum atomic E-state index is -4.67. The van der Waals surface area contributed by atoms with Crippen molar-refractivity contribution < 1.29 is 86.8 Å². The molecular weight excluding hydrogens is 194 g/mol. The van der Waals surface area contributed by atoms with Gasteiger partial charge in [-0.05, 0) is 0 Å². The maximum absolute atomic E-state index is 8.74. The predicted octanol–water partition coefficient (Wildman–Crippen LogP) is -3.54. The molecule has 0 aliphatic rings. The van der Waals surface area contributed by atoms with Gasteiger partial charge in [0.15, 0.2) is 0 Å². The molecule has 0 rings (SSSR count). The molecule has 7 heteroatoms. The summed E-state index contributed by atoms with van der Waals surface area (Å²) in [6, 6.07) is 0. The Bertz CT molecular complexity index is 99.2. The van der Waals surface area contributed by atoms with Crippen molar-refractivity contribution in [2.45, 2.75) is 0 Å². The molecule has 4 nitrogen and oxygen atoms in total. The summed E-state index contributed by atoms with van der Waals surface area (Å²) in [6.45, 7) is 0. The molecule has 0 aromatic carbocycles. The number of hydrogen-bond donors (Lipinski definition) is 2. The van der Waals surface area contributed by atoms with Gasteiger partial charge in [0.25, 0.3) is 0 Å². The van der Waals surface area contributed by atoms with Crippen molar-refractivity contribution in [2.75, 3.05) is 0 Å². The molecule has 0 aliphatic heterocycles. The quantitative estimate of drug-likeness (QED) is 0.311. The van der Waals surface area contributed by atoms with Crippen LogP contribution in [0.3, 0.4) is 0 Å². The van der Waals surface area contributed by atoms with E-state index in [0.29, 0.717) is 0 Å². The Morgan fingerprint density at radius 3 is 1.29 bits per heavy atom. The second-order valence-electron chi connectivity index (χ2n) is 0.448. The number of hydrogen-bond acceptors (Lipinski definition) is 2. The molecule has 0 aromatic heterocycles. The molecule has 2 N–H and O–H groups in total. The predicted molar refractivity (Wildman–Crippen MR) is 15.3 cm³/mol. The third kappa shape index (κ3) is 72.0. The molecule has 0 fully saturated rings. The maximum Gasteiger partial charge on any atom is 1.00 e. The van der Waals surface area contributed by atoms with Gasteiger partial charge in [-0.3, -0.25) is 9.11 Å². The minimum absolute atomic E-state index is 0. The Hall–Kier alpha value is 2.00. The first-order chi connectivity index (χ1) is 2.00. The van der Waals surface area contributed by atoms with E-state index in [9.17, 15) is 0 Å². The summed E-state index contributed by atoms with van der Waals surface area (Å²) >= 11 is 0. The van der Waals surface area contributed by atoms with Crippen LogP contribution >= 0.6 is 0 Å². The molecule has 0 heterocycles. The molecule has 0 aliphatic carbocycles. The van der Waals surface area contributed by atoms with E-state index in [1.165, 1.54) is 0 Å². The van der Waals surface area contributed by atoms with E-state index in [4.69, 9.17) is 17.5 Å². The van der Waals surface area contributed by atoms with E-state index < -0.39 is 10.4 Å². The normalized spacial score (nSPS) is 8.29. The summed E-state index contributed by atoms with van der Waals surface area (Å²) in [5.74, 6) is 0. The van der Waals surface area contributed by atoms with Crippen molar-refractivity contribution in [3.8, 4) is 0 Å². The van der Waals surface area contributed by atoms with Gasteiger partial charge in [0, 0.05) is 16.5 Å². The van der Waals surface area contributed by atoms with Crippen LogP contribution in [-0.2, 0) is 26.9 Å². The molecule has 0 unspecified atom stereocenters. The summed E-state index contributed by atoms with van der Waals surface area (Å²) in [7, 11) is -4.67. The van der Waals surface area contributed by atoms with Crippen LogP contribution in [0.1, 0.15) is 1.43 Å². The molecule has 7 heavy (non-hydrogen) atoms. The zero-order valence-corrected chi connectivity index (χ0v) is 8.36. The minimum Gasteiger partial charge on any atom is -1.00 e. The molecule has 44 valence electrons. The van der Waals surface area contributed by atoms with Gasteiger partial charge in [-0.2, -0.15) is 8.42 Å². The van der Waals surface area contributed by atoms with Gasteiger partial charge in [0.2, 0.25) is 0 Å².